The monoisotopic (exact) mass is 444 g/mol. The van der Waals surface area contributed by atoms with Gasteiger partial charge >= 0.3 is 0 Å². The van der Waals surface area contributed by atoms with E-state index < -0.39 is 10.7 Å². The van der Waals surface area contributed by atoms with E-state index in [9.17, 15) is 4.39 Å². The summed E-state index contributed by atoms with van der Waals surface area (Å²) in [6, 6.07) is 11.2. The van der Waals surface area contributed by atoms with Crippen LogP contribution in [0.3, 0.4) is 0 Å². The van der Waals surface area contributed by atoms with Gasteiger partial charge < -0.3 is 10.0 Å². The van der Waals surface area contributed by atoms with Gasteiger partial charge in [-0.15, -0.1) is 11.3 Å². The number of aromatic nitrogens is 2. The molecule has 0 aliphatic carbocycles. The molecular weight excluding hydrogens is 427 g/mol. The lowest BCUT2D eigenvalue weighted by atomic mass is 10.1. The zero-order valence-electron chi connectivity index (χ0n) is 15.5. The lowest BCUT2D eigenvalue weighted by Crippen LogP contribution is -2.03. The second kappa shape index (κ2) is 8.90. The number of nitrogens with zero attached hydrogens (tertiary/aromatic N) is 2. The van der Waals surface area contributed by atoms with Crippen molar-refractivity contribution in [2.45, 2.75) is 18.4 Å². The summed E-state index contributed by atoms with van der Waals surface area (Å²) in [6.07, 6.45) is 5.32. The van der Waals surface area contributed by atoms with E-state index in [0.717, 1.165) is 21.5 Å². The summed E-state index contributed by atoms with van der Waals surface area (Å²) in [5, 5.41) is 10.4. The quantitative estimate of drug-likeness (QED) is 0.330. The molecule has 148 valence electrons. The van der Waals surface area contributed by atoms with Crippen molar-refractivity contribution in [1.29, 1.82) is 0 Å². The molecule has 0 radical (unpaired) electrons. The fourth-order valence-corrected chi connectivity index (χ4v) is 5.33. The first kappa shape index (κ1) is 19.8. The number of rotatable bonds is 6. The standard InChI is InChI=1S/C21H18ClFN4S2/c1-2-29(27-21-25-8-9-28-21)20-10-17(22)19(11-18(20)23)26-12-15-5-3-4-14-6-7-24-13-16(14)15/h2-11,13,26H,12H2,1H3,(H,25,27). The fraction of sp³-hybridized carbons (Fsp3) is 0.0952. The Morgan fingerprint density at radius 2 is 2.14 bits per heavy atom. The Balaban J connectivity index is 1.57. The number of halogens is 2. The first-order valence-corrected chi connectivity index (χ1v) is 11.4. The Morgan fingerprint density at radius 1 is 1.24 bits per heavy atom. The minimum absolute atomic E-state index is 0.318. The summed E-state index contributed by atoms with van der Waals surface area (Å²) in [6.45, 7) is 2.41. The Kier molecular flexibility index (Phi) is 6.08. The van der Waals surface area contributed by atoms with Crippen LogP contribution < -0.4 is 10.0 Å². The molecule has 4 aromatic rings. The Bertz CT molecular complexity index is 1170. The normalized spacial score (nSPS) is 12.2. The molecule has 0 spiro atoms. The van der Waals surface area contributed by atoms with Gasteiger partial charge in [-0.3, -0.25) is 4.98 Å². The van der Waals surface area contributed by atoms with Gasteiger partial charge in [0, 0.05) is 35.9 Å². The number of pyridine rings is 1. The van der Waals surface area contributed by atoms with Gasteiger partial charge in [0.15, 0.2) is 5.13 Å². The maximum absolute atomic E-state index is 14.9. The maximum Gasteiger partial charge on any atom is 0.192 e. The Labute approximate surface area is 179 Å². The van der Waals surface area contributed by atoms with Gasteiger partial charge in [0.2, 0.25) is 0 Å². The minimum Gasteiger partial charge on any atom is -0.380 e. The molecule has 0 aliphatic rings. The van der Waals surface area contributed by atoms with E-state index in [1.165, 1.54) is 17.4 Å². The predicted molar refractivity (Wildman–Crippen MR) is 124 cm³/mol. The summed E-state index contributed by atoms with van der Waals surface area (Å²) < 4.78 is 18.1. The van der Waals surface area contributed by atoms with Crippen LogP contribution >= 0.6 is 33.6 Å². The molecule has 4 nitrogen and oxygen atoms in total. The largest absolute Gasteiger partial charge is 0.380 e. The van der Waals surface area contributed by atoms with Gasteiger partial charge in [0.1, 0.15) is 5.82 Å². The number of hydrogen-bond acceptors (Lipinski definition) is 5. The van der Waals surface area contributed by atoms with Crippen molar-refractivity contribution in [2.24, 2.45) is 0 Å². The second-order valence-electron chi connectivity index (χ2n) is 6.14. The minimum atomic E-state index is -0.635. The molecular formula is C21H18ClFN4S2. The van der Waals surface area contributed by atoms with Gasteiger partial charge in [-0.2, -0.15) is 0 Å². The molecule has 2 N–H and O–H groups in total. The number of nitrogens with one attached hydrogen (secondary N) is 2. The third-order valence-corrected chi connectivity index (χ3v) is 7.17. The molecule has 0 bridgehead atoms. The van der Waals surface area contributed by atoms with Gasteiger partial charge in [-0.25, -0.2) is 9.37 Å². The van der Waals surface area contributed by atoms with E-state index in [0.29, 0.717) is 22.2 Å². The summed E-state index contributed by atoms with van der Waals surface area (Å²) in [7, 11) is -0.635. The van der Waals surface area contributed by atoms with Crippen LogP contribution in [0.15, 0.2) is 65.3 Å². The molecule has 0 saturated heterocycles. The van der Waals surface area contributed by atoms with Gasteiger partial charge in [0.25, 0.3) is 0 Å². The van der Waals surface area contributed by atoms with Crippen molar-refractivity contribution < 1.29 is 4.39 Å². The third kappa shape index (κ3) is 4.42. The highest BCUT2D eigenvalue weighted by Gasteiger charge is 2.13. The zero-order valence-corrected chi connectivity index (χ0v) is 17.9. The average molecular weight is 445 g/mol. The molecule has 29 heavy (non-hydrogen) atoms. The number of thiazole rings is 1. The van der Waals surface area contributed by atoms with E-state index >= 15 is 0 Å². The van der Waals surface area contributed by atoms with Crippen molar-refractivity contribution in [3.63, 3.8) is 0 Å². The Morgan fingerprint density at radius 3 is 2.93 bits per heavy atom. The molecule has 2 heterocycles. The van der Waals surface area contributed by atoms with Crippen LogP contribution in [0.25, 0.3) is 10.8 Å². The van der Waals surface area contributed by atoms with E-state index in [2.05, 4.69) is 20.0 Å². The van der Waals surface area contributed by atoms with Crippen LogP contribution in [-0.4, -0.2) is 15.3 Å². The molecule has 8 heteroatoms. The number of anilines is 2. The van der Waals surface area contributed by atoms with Crippen molar-refractivity contribution in [1.82, 2.24) is 9.97 Å². The smallest absolute Gasteiger partial charge is 0.192 e. The molecule has 0 fully saturated rings. The Hall–Kier alpha value is -2.48. The third-order valence-electron chi connectivity index (χ3n) is 4.37. The predicted octanol–water partition coefficient (Wildman–Crippen LogP) is 6.57. The van der Waals surface area contributed by atoms with Crippen molar-refractivity contribution in [3.05, 3.63) is 76.8 Å². The number of hydrogen-bond donors (Lipinski definition) is 2. The van der Waals surface area contributed by atoms with Crippen LogP contribution in [0.5, 0.6) is 0 Å². The summed E-state index contributed by atoms with van der Waals surface area (Å²) in [5.41, 5.74) is 1.63. The molecule has 2 aromatic carbocycles. The van der Waals surface area contributed by atoms with Gasteiger partial charge in [-0.05, 0) is 41.4 Å². The lowest BCUT2D eigenvalue weighted by molar-refractivity contribution is 0.602. The van der Waals surface area contributed by atoms with E-state index in [-0.39, 0.29) is 5.82 Å². The molecule has 0 aliphatic heterocycles. The van der Waals surface area contributed by atoms with E-state index in [1.54, 1.807) is 18.5 Å². The highest BCUT2D eigenvalue weighted by Crippen LogP contribution is 2.36. The summed E-state index contributed by atoms with van der Waals surface area (Å²) in [4.78, 5) is 8.92. The average Bonchev–Trinajstić information content (AvgIpc) is 3.25. The molecule has 1 atom stereocenters. The molecule has 4 rings (SSSR count). The second-order valence-corrected chi connectivity index (χ2v) is 9.24. The van der Waals surface area contributed by atoms with Crippen LogP contribution in [0.2, 0.25) is 5.02 Å². The highest BCUT2D eigenvalue weighted by atomic mass is 35.5. The first-order chi connectivity index (χ1) is 14.2. The van der Waals surface area contributed by atoms with Crippen molar-refractivity contribution in [3.8, 4) is 0 Å². The van der Waals surface area contributed by atoms with Crippen LogP contribution in [0, 0.1) is 5.82 Å². The number of fused-ring (bicyclic) bond motifs is 1. The van der Waals surface area contributed by atoms with Crippen LogP contribution in [-0.2, 0) is 6.54 Å². The lowest BCUT2D eigenvalue weighted by Gasteiger charge is -2.15. The van der Waals surface area contributed by atoms with Crippen molar-refractivity contribution in [2.75, 3.05) is 10.0 Å². The SMILES string of the molecule is C/C=S(/Nc1nccs1)c1cc(Cl)c(NCc2cccc3ccncc23)cc1F. The number of benzene rings is 2. The van der Waals surface area contributed by atoms with Crippen LogP contribution in [0.1, 0.15) is 12.5 Å². The van der Waals surface area contributed by atoms with E-state index in [4.69, 9.17) is 11.6 Å². The van der Waals surface area contributed by atoms with E-state index in [1.807, 2.05) is 48.1 Å². The molecule has 0 amide bonds. The zero-order chi connectivity index (χ0) is 20.2. The van der Waals surface area contributed by atoms with Gasteiger partial charge in [-0.1, -0.05) is 40.5 Å². The first-order valence-electron chi connectivity index (χ1n) is 8.89. The van der Waals surface area contributed by atoms with Gasteiger partial charge in [0.05, 0.1) is 15.6 Å². The topological polar surface area (TPSA) is 49.8 Å². The van der Waals surface area contributed by atoms with Crippen LogP contribution in [0.4, 0.5) is 15.2 Å². The molecule has 1 unspecified atom stereocenters. The van der Waals surface area contributed by atoms with Crippen molar-refractivity contribution >= 4 is 60.6 Å². The molecule has 2 aromatic heterocycles. The highest BCUT2D eigenvalue weighted by molar-refractivity contribution is 8.16. The maximum atomic E-state index is 14.9. The fourth-order valence-electron chi connectivity index (χ4n) is 2.96. The summed E-state index contributed by atoms with van der Waals surface area (Å²) in [5.74, 6) is -0.318. The molecule has 0 saturated carbocycles. The summed E-state index contributed by atoms with van der Waals surface area (Å²) >= 11 is 7.95.